The highest BCUT2D eigenvalue weighted by Crippen LogP contribution is 2.55. The first-order valence-electron chi connectivity index (χ1n) is 14.2. The number of carbonyl (C=O) groups excluding carboxylic acids is 5. The smallest absolute Gasteiger partial charge is 0.294 e. The van der Waals surface area contributed by atoms with Crippen molar-refractivity contribution in [3.8, 4) is 0 Å². The summed E-state index contributed by atoms with van der Waals surface area (Å²) in [6, 6.07) is -2.90. The number of likely N-dealkylation sites (tertiary alicyclic amines) is 1. The zero-order chi connectivity index (χ0) is 33.6. The van der Waals surface area contributed by atoms with Crippen LogP contribution in [0.4, 0.5) is 0 Å². The minimum absolute atomic E-state index is 0.00112. The van der Waals surface area contributed by atoms with E-state index in [4.69, 9.17) is 0 Å². The molecule has 12 N–H and O–H groups in total. The molecule has 0 aromatic carbocycles. The summed E-state index contributed by atoms with van der Waals surface area (Å²) in [5, 5.41) is 97.7. The predicted molar refractivity (Wildman–Crippen MR) is 142 cm³/mol. The molecule has 1 saturated heterocycles. The third kappa shape index (κ3) is 6.73. The largest absolute Gasteiger partial charge is 0.375 e. The highest BCUT2D eigenvalue weighted by molar-refractivity contribution is 6.10. The van der Waals surface area contributed by atoms with Crippen molar-refractivity contribution in [2.24, 2.45) is 16.7 Å². The maximum atomic E-state index is 13.8. The predicted octanol–water partition coefficient (Wildman–Crippen LogP) is -5.48. The summed E-state index contributed by atoms with van der Waals surface area (Å²) >= 11 is 0. The molecule has 2 aliphatic carbocycles. The molecular weight excluding hydrogens is 592 g/mol. The zero-order valence-corrected chi connectivity index (χ0v) is 24.6. The fraction of sp³-hybridized carbons (Fsp3) is 0.808. The molecule has 18 heteroatoms. The lowest BCUT2D eigenvalue weighted by atomic mass is 9.60. The van der Waals surface area contributed by atoms with Crippen molar-refractivity contribution in [2.45, 2.75) is 108 Å². The molecule has 0 bridgehead atoms. The minimum Gasteiger partial charge on any atom is -0.375 e. The topological polar surface area (TPSA) is 307 Å². The molecule has 3 fully saturated rings. The molecule has 0 spiro atoms. The minimum atomic E-state index is -4.33. The third-order valence-electron chi connectivity index (χ3n) is 8.53. The van der Waals surface area contributed by atoms with Crippen LogP contribution in [-0.4, -0.2) is 129 Å². The Morgan fingerprint density at radius 1 is 0.818 bits per heavy atom. The highest BCUT2D eigenvalue weighted by atomic mass is 16.7. The van der Waals surface area contributed by atoms with Gasteiger partial charge >= 0.3 is 0 Å². The number of carbonyl (C=O) groups is 5. The van der Waals surface area contributed by atoms with Crippen LogP contribution in [0.25, 0.3) is 0 Å². The SMILES string of the molecule is CC(C)(C)C(NC(=O)C1CCCC(C(O)(O)O)(C(O)(O)O)C1(O)O)C(=O)N1CCCC1C(=O)NC(=O)C(O)C(=O)NC1CC1. The van der Waals surface area contributed by atoms with E-state index in [0.29, 0.717) is 19.3 Å². The average Bonchev–Trinajstić information content (AvgIpc) is 3.53. The number of aliphatic hydroxyl groups is 9. The summed E-state index contributed by atoms with van der Waals surface area (Å²) in [7, 11) is 0. The lowest BCUT2D eigenvalue weighted by Crippen LogP contribution is -2.77. The number of nitrogens with zero attached hydrogens (tertiary/aromatic N) is 1. The second-order valence-electron chi connectivity index (χ2n) is 12.9. The molecule has 3 aliphatic rings. The van der Waals surface area contributed by atoms with E-state index >= 15 is 0 Å². The standard InChI is InChI=1S/C26H42N4O14/c1-22(2,3)16(28-17(32)13-6-4-10-23(24(13,37)38,25(39,40)41)26(42,43)44)21(36)30-11-5-7-14(30)18(33)29-20(35)15(31)19(34)27-12-8-9-12/h12-16,31,37-44H,4-11H2,1-3H3,(H,27,34)(H,28,32)(H,29,33,35). The Balaban J connectivity index is 1.80. The Labute approximate surface area is 251 Å². The molecular formula is C26H42N4O14. The number of hydrogen-bond acceptors (Lipinski definition) is 14. The van der Waals surface area contributed by atoms with Gasteiger partial charge in [0.2, 0.25) is 23.8 Å². The summed E-state index contributed by atoms with van der Waals surface area (Å²) < 4.78 is 0. The van der Waals surface area contributed by atoms with Crippen molar-refractivity contribution < 1.29 is 69.9 Å². The number of aliphatic hydroxyl groups excluding tert-OH is 1. The molecule has 4 unspecified atom stereocenters. The Morgan fingerprint density at radius 3 is 1.89 bits per heavy atom. The van der Waals surface area contributed by atoms with Crippen LogP contribution in [0.1, 0.15) is 65.7 Å². The van der Waals surface area contributed by atoms with Gasteiger partial charge in [-0.3, -0.25) is 29.3 Å². The first-order chi connectivity index (χ1) is 20.0. The van der Waals surface area contributed by atoms with Gasteiger partial charge < -0.3 is 61.5 Å². The van der Waals surface area contributed by atoms with E-state index in [-0.39, 0.29) is 25.4 Å². The maximum absolute atomic E-state index is 13.8. The van der Waals surface area contributed by atoms with E-state index in [9.17, 15) is 69.9 Å². The van der Waals surface area contributed by atoms with E-state index in [1.165, 1.54) is 20.8 Å². The van der Waals surface area contributed by atoms with Crippen LogP contribution in [0, 0.1) is 16.7 Å². The molecule has 250 valence electrons. The molecule has 0 aromatic rings. The number of nitrogens with one attached hydrogen (secondary N) is 3. The molecule has 3 rings (SSSR count). The third-order valence-corrected chi connectivity index (χ3v) is 8.53. The van der Waals surface area contributed by atoms with Crippen molar-refractivity contribution in [1.29, 1.82) is 0 Å². The molecule has 5 amide bonds. The fourth-order valence-corrected chi connectivity index (χ4v) is 5.88. The Hall–Kier alpha value is -2.81. The van der Waals surface area contributed by atoms with E-state index < -0.39 is 95.0 Å². The normalized spacial score (nSPS) is 25.0. The summed E-state index contributed by atoms with van der Waals surface area (Å²) in [6.07, 6.45) is -2.19. The van der Waals surface area contributed by atoms with Crippen LogP contribution in [0.15, 0.2) is 0 Å². The van der Waals surface area contributed by atoms with Crippen molar-refractivity contribution in [3.05, 3.63) is 0 Å². The van der Waals surface area contributed by atoms with Crippen LogP contribution in [0.5, 0.6) is 0 Å². The van der Waals surface area contributed by atoms with Gasteiger partial charge in [0, 0.05) is 12.6 Å². The lowest BCUT2D eigenvalue weighted by Gasteiger charge is -2.55. The first-order valence-corrected chi connectivity index (χ1v) is 14.2. The van der Waals surface area contributed by atoms with E-state index in [1.54, 1.807) is 0 Å². The Bertz CT molecular complexity index is 1140. The van der Waals surface area contributed by atoms with Gasteiger partial charge in [0.1, 0.15) is 12.1 Å². The average molecular weight is 635 g/mol. The van der Waals surface area contributed by atoms with Crippen LogP contribution in [0.3, 0.4) is 0 Å². The zero-order valence-electron chi connectivity index (χ0n) is 24.6. The van der Waals surface area contributed by atoms with Gasteiger partial charge in [-0.05, 0) is 43.9 Å². The lowest BCUT2D eigenvalue weighted by molar-refractivity contribution is -0.540. The van der Waals surface area contributed by atoms with Gasteiger partial charge in [-0.2, -0.15) is 0 Å². The van der Waals surface area contributed by atoms with Crippen LogP contribution < -0.4 is 16.0 Å². The molecule has 2 saturated carbocycles. The monoisotopic (exact) mass is 634 g/mol. The van der Waals surface area contributed by atoms with Gasteiger partial charge in [0.25, 0.3) is 23.8 Å². The van der Waals surface area contributed by atoms with Crippen LogP contribution in [0.2, 0.25) is 0 Å². The quantitative estimate of drug-likeness (QED) is 0.0832. The van der Waals surface area contributed by atoms with Crippen molar-refractivity contribution >= 4 is 29.5 Å². The maximum Gasteiger partial charge on any atom is 0.294 e. The van der Waals surface area contributed by atoms with Crippen molar-refractivity contribution in [1.82, 2.24) is 20.9 Å². The molecule has 0 radical (unpaired) electrons. The van der Waals surface area contributed by atoms with Crippen LogP contribution >= 0.6 is 0 Å². The summed E-state index contributed by atoms with van der Waals surface area (Å²) in [5.74, 6) is -20.1. The van der Waals surface area contributed by atoms with E-state index in [2.05, 4.69) is 10.6 Å². The number of amides is 5. The van der Waals surface area contributed by atoms with Crippen molar-refractivity contribution in [3.63, 3.8) is 0 Å². The van der Waals surface area contributed by atoms with E-state index in [0.717, 1.165) is 4.90 Å². The number of imide groups is 1. The fourth-order valence-electron chi connectivity index (χ4n) is 5.88. The molecule has 4 atom stereocenters. The highest BCUT2D eigenvalue weighted by Gasteiger charge is 2.76. The summed E-state index contributed by atoms with van der Waals surface area (Å²) in [4.78, 5) is 65.5. The molecule has 18 nitrogen and oxygen atoms in total. The van der Waals surface area contributed by atoms with E-state index in [1.807, 2.05) is 5.32 Å². The second-order valence-corrected chi connectivity index (χ2v) is 12.9. The van der Waals surface area contributed by atoms with Gasteiger partial charge in [-0.1, -0.05) is 27.2 Å². The Kier molecular flexibility index (Phi) is 9.87. The molecule has 1 aliphatic heterocycles. The molecule has 44 heavy (non-hydrogen) atoms. The first kappa shape index (κ1) is 35.7. The second kappa shape index (κ2) is 12.2. The molecule has 0 aromatic heterocycles. The van der Waals surface area contributed by atoms with Gasteiger partial charge in [0.05, 0.1) is 5.92 Å². The summed E-state index contributed by atoms with van der Waals surface area (Å²) in [5.41, 5.74) is -4.83. The number of hydrogen-bond donors (Lipinski definition) is 12. The van der Waals surface area contributed by atoms with Crippen molar-refractivity contribution in [2.75, 3.05) is 6.54 Å². The van der Waals surface area contributed by atoms with Gasteiger partial charge in [-0.15, -0.1) is 0 Å². The van der Waals surface area contributed by atoms with Crippen LogP contribution in [-0.2, 0) is 24.0 Å². The number of rotatable bonds is 9. The Morgan fingerprint density at radius 2 is 1.39 bits per heavy atom. The summed E-state index contributed by atoms with van der Waals surface area (Å²) in [6.45, 7) is 4.57. The molecule has 1 heterocycles. The van der Waals surface area contributed by atoms with Gasteiger partial charge in [0.15, 0.2) is 11.2 Å². The van der Waals surface area contributed by atoms with Gasteiger partial charge in [-0.25, -0.2) is 0 Å².